The Labute approximate surface area is 116 Å². The van der Waals surface area contributed by atoms with E-state index in [2.05, 4.69) is 0 Å². The molecule has 0 saturated carbocycles. The van der Waals surface area contributed by atoms with Crippen molar-refractivity contribution in [3.8, 4) is 11.5 Å². The third-order valence-corrected chi connectivity index (χ3v) is 3.10. The molecular formula is C15H14ClFO2. The van der Waals surface area contributed by atoms with Crippen molar-refractivity contribution in [3.63, 3.8) is 0 Å². The van der Waals surface area contributed by atoms with E-state index in [1.54, 1.807) is 31.2 Å². The predicted molar refractivity (Wildman–Crippen MR) is 73.3 cm³/mol. The van der Waals surface area contributed by atoms with E-state index in [4.69, 9.17) is 16.3 Å². The molecule has 0 fully saturated rings. The molecule has 2 aromatic carbocycles. The molecule has 0 aromatic heterocycles. The van der Waals surface area contributed by atoms with Crippen molar-refractivity contribution in [2.24, 2.45) is 0 Å². The van der Waals surface area contributed by atoms with Crippen molar-refractivity contribution < 1.29 is 14.2 Å². The van der Waals surface area contributed by atoms with Crippen molar-refractivity contribution in [3.05, 3.63) is 58.4 Å². The lowest BCUT2D eigenvalue weighted by Gasteiger charge is -2.12. The fourth-order valence-electron chi connectivity index (χ4n) is 1.66. The number of hydrogen-bond acceptors (Lipinski definition) is 2. The summed E-state index contributed by atoms with van der Waals surface area (Å²) in [7, 11) is 0. The lowest BCUT2D eigenvalue weighted by molar-refractivity contribution is 0.199. The molecule has 0 radical (unpaired) electrons. The van der Waals surface area contributed by atoms with Crippen molar-refractivity contribution in [1.82, 2.24) is 0 Å². The first kappa shape index (κ1) is 13.8. The molecule has 0 aliphatic carbocycles. The Bertz CT molecular complexity index is 597. The second-order valence-electron chi connectivity index (χ2n) is 4.38. The summed E-state index contributed by atoms with van der Waals surface area (Å²) in [6, 6.07) is 9.35. The van der Waals surface area contributed by atoms with Crippen LogP contribution in [0.25, 0.3) is 0 Å². The standard InChI is InChI=1S/C15H14ClFO2/c1-9-3-5-12(17)8-15(9)19-14-6-4-11(10(2)18)7-13(14)16/h3-8,10,18H,1-2H3/t10-/m0/s1. The Morgan fingerprint density at radius 3 is 2.53 bits per heavy atom. The van der Waals surface area contributed by atoms with E-state index >= 15 is 0 Å². The molecule has 0 saturated heterocycles. The monoisotopic (exact) mass is 280 g/mol. The fourth-order valence-corrected chi connectivity index (χ4v) is 1.89. The van der Waals surface area contributed by atoms with Crippen molar-refractivity contribution in [2.75, 3.05) is 0 Å². The number of ether oxygens (including phenoxy) is 1. The van der Waals surface area contributed by atoms with E-state index in [0.717, 1.165) is 5.56 Å². The van der Waals surface area contributed by atoms with Gasteiger partial charge >= 0.3 is 0 Å². The molecule has 1 atom stereocenters. The van der Waals surface area contributed by atoms with Crippen LogP contribution in [0.1, 0.15) is 24.2 Å². The minimum absolute atomic E-state index is 0.364. The van der Waals surface area contributed by atoms with Gasteiger partial charge < -0.3 is 9.84 Å². The molecule has 0 spiro atoms. The van der Waals surface area contributed by atoms with Crippen molar-refractivity contribution in [1.29, 1.82) is 0 Å². The van der Waals surface area contributed by atoms with Crippen LogP contribution in [0.3, 0.4) is 0 Å². The first-order valence-corrected chi connectivity index (χ1v) is 6.26. The highest BCUT2D eigenvalue weighted by molar-refractivity contribution is 6.32. The van der Waals surface area contributed by atoms with E-state index in [-0.39, 0.29) is 5.82 Å². The van der Waals surface area contributed by atoms with Crippen LogP contribution in [-0.2, 0) is 0 Å². The van der Waals surface area contributed by atoms with Crippen LogP contribution in [0.4, 0.5) is 4.39 Å². The zero-order valence-corrected chi connectivity index (χ0v) is 11.4. The van der Waals surface area contributed by atoms with Crippen molar-refractivity contribution >= 4 is 11.6 Å². The van der Waals surface area contributed by atoms with Crippen LogP contribution in [0.5, 0.6) is 11.5 Å². The van der Waals surface area contributed by atoms with Gasteiger partial charge in [-0.15, -0.1) is 0 Å². The molecule has 1 N–H and O–H groups in total. The quantitative estimate of drug-likeness (QED) is 0.888. The number of aryl methyl sites for hydroxylation is 1. The second kappa shape index (κ2) is 5.59. The first-order chi connectivity index (χ1) is 8.97. The molecule has 100 valence electrons. The van der Waals surface area contributed by atoms with Gasteiger partial charge in [0.1, 0.15) is 17.3 Å². The highest BCUT2D eigenvalue weighted by Crippen LogP contribution is 2.33. The van der Waals surface area contributed by atoms with Gasteiger partial charge in [-0.2, -0.15) is 0 Å². The zero-order chi connectivity index (χ0) is 14.0. The molecule has 4 heteroatoms. The van der Waals surface area contributed by atoms with Gasteiger partial charge in [-0.05, 0) is 43.2 Å². The normalized spacial score (nSPS) is 12.3. The van der Waals surface area contributed by atoms with Gasteiger partial charge in [0.05, 0.1) is 11.1 Å². The van der Waals surface area contributed by atoms with Gasteiger partial charge in [0.25, 0.3) is 0 Å². The summed E-state index contributed by atoms with van der Waals surface area (Å²) in [5.74, 6) is 0.490. The lowest BCUT2D eigenvalue weighted by Crippen LogP contribution is -1.93. The molecule has 0 heterocycles. The molecule has 2 rings (SSSR count). The average molecular weight is 281 g/mol. The van der Waals surface area contributed by atoms with E-state index in [1.165, 1.54) is 12.1 Å². The van der Waals surface area contributed by atoms with Gasteiger partial charge in [-0.1, -0.05) is 23.7 Å². The molecule has 0 bridgehead atoms. The van der Waals surface area contributed by atoms with Crippen LogP contribution < -0.4 is 4.74 Å². The number of rotatable bonds is 3. The summed E-state index contributed by atoms with van der Waals surface area (Å²) in [4.78, 5) is 0. The maximum Gasteiger partial charge on any atom is 0.146 e. The second-order valence-corrected chi connectivity index (χ2v) is 4.78. The molecule has 2 nitrogen and oxygen atoms in total. The van der Waals surface area contributed by atoms with Crippen LogP contribution in [0.2, 0.25) is 5.02 Å². The Kier molecular flexibility index (Phi) is 4.08. The summed E-state index contributed by atoms with van der Waals surface area (Å²) in [6.45, 7) is 3.48. The van der Waals surface area contributed by atoms with E-state index in [9.17, 15) is 9.50 Å². The fraction of sp³-hybridized carbons (Fsp3) is 0.200. The van der Waals surface area contributed by atoms with Gasteiger partial charge in [0, 0.05) is 6.07 Å². The first-order valence-electron chi connectivity index (χ1n) is 5.89. The minimum Gasteiger partial charge on any atom is -0.455 e. The molecule has 0 aliphatic heterocycles. The lowest BCUT2D eigenvalue weighted by atomic mass is 10.1. The number of hydrogen-bond donors (Lipinski definition) is 1. The highest BCUT2D eigenvalue weighted by atomic mass is 35.5. The minimum atomic E-state index is -0.595. The van der Waals surface area contributed by atoms with Gasteiger partial charge in [-0.3, -0.25) is 0 Å². The topological polar surface area (TPSA) is 29.5 Å². The molecule has 2 aromatic rings. The number of aliphatic hydroxyl groups excluding tert-OH is 1. The van der Waals surface area contributed by atoms with Gasteiger partial charge in [0.2, 0.25) is 0 Å². The van der Waals surface area contributed by atoms with Crippen molar-refractivity contribution in [2.45, 2.75) is 20.0 Å². The maximum absolute atomic E-state index is 13.2. The van der Waals surface area contributed by atoms with Gasteiger partial charge in [-0.25, -0.2) is 4.39 Å². The molecule has 0 amide bonds. The third-order valence-electron chi connectivity index (χ3n) is 2.81. The summed E-state index contributed by atoms with van der Waals surface area (Å²) in [5.41, 5.74) is 1.52. The SMILES string of the molecule is Cc1ccc(F)cc1Oc1ccc([C@H](C)O)cc1Cl. The smallest absolute Gasteiger partial charge is 0.146 e. The van der Waals surface area contributed by atoms with E-state index in [0.29, 0.717) is 22.1 Å². The van der Waals surface area contributed by atoms with Crippen LogP contribution in [-0.4, -0.2) is 5.11 Å². The van der Waals surface area contributed by atoms with E-state index < -0.39 is 6.10 Å². The van der Waals surface area contributed by atoms with E-state index in [1.807, 2.05) is 6.92 Å². The number of halogens is 2. The summed E-state index contributed by atoms with van der Waals surface area (Å²) >= 11 is 6.09. The largest absolute Gasteiger partial charge is 0.455 e. The molecule has 0 aliphatic rings. The molecule has 19 heavy (non-hydrogen) atoms. The Morgan fingerprint density at radius 1 is 1.16 bits per heavy atom. The summed E-state index contributed by atoms with van der Waals surface area (Å²) in [5, 5.41) is 9.84. The Morgan fingerprint density at radius 2 is 1.89 bits per heavy atom. The molecule has 0 unspecified atom stereocenters. The molecular weight excluding hydrogens is 267 g/mol. The highest BCUT2D eigenvalue weighted by Gasteiger charge is 2.09. The van der Waals surface area contributed by atoms with Crippen LogP contribution in [0, 0.1) is 12.7 Å². The predicted octanol–water partition coefficient (Wildman–Crippen LogP) is 4.63. The number of aliphatic hydroxyl groups is 1. The Hall–Kier alpha value is -1.58. The summed E-state index contributed by atoms with van der Waals surface area (Å²) in [6.07, 6.45) is -0.595. The zero-order valence-electron chi connectivity index (χ0n) is 10.7. The summed E-state index contributed by atoms with van der Waals surface area (Å²) < 4.78 is 18.8. The Balaban J connectivity index is 2.31. The average Bonchev–Trinajstić information content (AvgIpc) is 2.36. The van der Waals surface area contributed by atoms with Crippen LogP contribution >= 0.6 is 11.6 Å². The van der Waals surface area contributed by atoms with Gasteiger partial charge in [0.15, 0.2) is 0 Å². The third kappa shape index (κ3) is 3.25. The number of benzene rings is 2. The maximum atomic E-state index is 13.2. The van der Waals surface area contributed by atoms with Crippen LogP contribution in [0.15, 0.2) is 36.4 Å².